The third kappa shape index (κ3) is 5.63. The van der Waals surface area contributed by atoms with E-state index in [0.717, 1.165) is 9.87 Å². The summed E-state index contributed by atoms with van der Waals surface area (Å²) in [6, 6.07) is 11.2. The van der Waals surface area contributed by atoms with Gasteiger partial charge in [-0.25, -0.2) is 8.42 Å². The van der Waals surface area contributed by atoms with Crippen LogP contribution in [-0.2, 0) is 14.8 Å². The van der Waals surface area contributed by atoms with Crippen LogP contribution in [0.3, 0.4) is 0 Å². The minimum Gasteiger partial charge on any atom is -0.390 e. The predicted molar refractivity (Wildman–Crippen MR) is 115 cm³/mol. The largest absolute Gasteiger partial charge is 0.390 e. The van der Waals surface area contributed by atoms with Crippen LogP contribution in [-0.4, -0.2) is 63.9 Å². The van der Waals surface area contributed by atoms with Crippen LogP contribution in [0, 0.1) is 6.92 Å². The highest BCUT2D eigenvalue weighted by molar-refractivity contribution is 7.92. The fraction of sp³-hybridized carbons (Fsp3) is 0.400. The minimum atomic E-state index is -3.96. The van der Waals surface area contributed by atoms with Gasteiger partial charge in [0.05, 0.1) is 41.5 Å². The van der Waals surface area contributed by atoms with E-state index < -0.39 is 16.1 Å². The second-order valence-electron chi connectivity index (χ2n) is 7.01. The third-order valence-electron chi connectivity index (χ3n) is 4.74. The van der Waals surface area contributed by atoms with Gasteiger partial charge in [0.2, 0.25) is 0 Å². The second-order valence-corrected chi connectivity index (χ2v) is 9.72. The van der Waals surface area contributed by atoms with Gasteiger partial charge in [0.15, 0.2) is 0 Å². The van der Waals surface area contributed by atoms with Crippen molar-refractivity contribution in [2.45, 2.75) is 17.9 Å². The number of rotatable bonds is 7. The maximum absolute atomic E-state index is 13.4. The molecule has 1 atom stereocenters. The standard InChI is InChI=1S/C20H24Cl2N2O4S/c1-15-2-5-18(6-3-15)29(26,27)24(20-12-16(21)4-7-19(20)22)14-17(25)13-23-8-10-28-11-9-23/h2-7,12,17,25H,8-11,13-14H2,1H3/t17-/m1/s1. The number of halogens is 2. The summed E-state index contributed by atoms with van der Waals surface area (Å²) in [5.74, 6) is 0. The lowest BCUT2D eigenvalue weighted by molar-refractivity contribution is 0.0166. The van der Waals surface area contributed by atoms with Crippen molar-refractivity contribution in [1.82, 2.24) is 4.90 Å². The third-order valence-corrected chi connectivity index (χ3v) is 7.08. The summed E-state index contributed by atoms with van der Waals surface area (Å²) in [5.41, 5.74) is 1.18. The Hall–Kier alpha value is -1.35. The van der Waals surface area contributed by atoms with Crippen molar-refractivity contribution in [2.75, 3.05) is 43.7 Å². The average molecular weight is 459 g/mol. The monoisotopic (exact) mass is 458 g/mol. The van der Waals surface area contributed by atoms with Crippen LogP contribution in [0.1, 0.15) is 5.56 Å². The van der Waals surface area contributed by atoms with Crippen LogP contribution in [0.4, 0.5) is 5.69 Å². The van der Waals surface area contributed by atoms with E-state index >= 15 is 0 Å². The number of hydrogen-bond donors (Lipinski definition) is 1. The zero-order chi connectivity index (χ0) is 21.0. The molecule has 2 aromatic carbocycles. The number of benzene rings is 2. The molecule has 2 aromatic rings. The Morgan fingerprint density at radius 3 is 2.45 bits per heavy atom. The van der Waals surface area contributed by atoms with E-state index in [9.17, 15) is 13.5 Å². The van der Waals surface area contributed by atoms with E-state index in [4.69, 9.17) is 27.9 Å². The molecule has 1 heterocycles. The van der Waals surface area contributed by atoms with Gasteiger partial charge in [-0.05, 0) is 37.3 Å². The van der Waals surface area contributed by atoms with Crippen molar-refractivity contribution in [3.05, 3.63) is 58.1 Å². The summed E-state index contributed by atoms with van der Waals surface area (Å²) >= 11 is 12.4. The zero-order valence-corrected chi connectivity index (χ0v) is 18.4. The minimum absolute atomic E-state index is 0.123. The number of hydrogen-bond acceptors (Lipinski definition) is 5. The van der Waals surface area contributed by atoms with E-state index in [0.29, 0.717) is 37.9 Å². The highest BCUT2D eigenvalue weighted by Gasteiger charge is 2.29. The smallest absolute Gasteiger partial charge is 0.264 e. The summed E-state index contributed by atoms with van der Waals surface area (Å²) in [4.78, 5) is 2.17. The van der Waals surface area contributed by atoms with Gasteiger partial charge in [0.25, 0.3) is 10.0 Å². The van der Waals surface area contributed by atoms with Crippen molar-refractivity contribution in [2.24, 2.45) is 0 Å². The van der Waals surface area contributed by atoms with Crippen LogP contribution in [0.5, 0.6) is 0 Å². The lowest BCUT2D eigenvalue weighted by Crippen LogP contribution is -2.46. The molecule has 1 aliphatic rings. The lowest BCUT2D eigenvalue weighted by Gasteiger charge is -2.32. The summed E-state index contributed by atoms with van der Waals surface area (Å²) in [6.07, 6.45) is -0.914. The molecule has 6 nitrogen and oxygen atoms in total. The van der Waals surface area contributed by atoms with Gasteiger partial charge >= 0.3 is 0 Å². The van der Waals surface area contributed by atoms with Crippen LogP contribution in [0.2, 0.25) is 10.0 Å². The van der Waals surface area contributed by atoms with Gasteiger partial charge in [-0.3, -0.25) is 9.21 Å². The first-order valence-electron chi connectivity index (χ1n) is 9.30. The highest BCUT2D eigenvalue weighted by atomic mass is 35.5. The Morgan fingerprint density at radius 1 is 1.14 bits per heavy atom. The molecule has 0 aliphatic carbocycles. The number of aliphatic hydroxyl groups excluding tert-OH is 1. The van der Waals surface area contributed by atoms with Gasteiger partial charge in [-0.15, -0.1) is 0 Å². The quantitative estimate of drug-likeness (QED) is 0.689. The average Bonchev–Trinajstić information content (AvgIpc) is 2.69. The summed E-state index contributed by atoms with van der Waals surface area (Å²) in [7, 11) is -3.96. The van der Waals surface area contributed by atoms with E-state index in [1.54, 1.807) is 36.4 Å². The van der Waals surface area contributed by atoms with Crippen LogP contribution in [0.25, 0.3) is 0 Å². The molecule has 0 saturated carbocycles. The molecule has 0 aromatic heterocycles. The van der Waals surface area contributed by atoms with E-state index in [1.807, 2.05) is 11.8 Å². The number of anilines is 1. The van der Waals surface area contributed by atoms with Crippen molar-refractivity contribution in [3.8, 4) is 0 Å². The summed E-state index contributed by atoms with van der Waals surface area (Å²) in [5, 5.41) is 11.3. The van der Waals surface area contributed by atoms with Gasteiger partial charge in [0.1, 0.15) is 0 Å². The second kappa shape index (κ2) is 9.64. The van der Waals surface area contributed by atoms with E-state index in [1.165, 1.54) is 6.07 Å². The number of aryl methyl sites for hydroxylation is 1. The van der Waals surface area contributed by atoms with E-state index in [2.05, 4.69) is 0 Å². The molecule has 0 amide bonds. The maximum atomic E-state index is 13.4. The van der Waals surface area contributed by atoms with Crippen molar-refractivity contribution < 1.29 is 18.3 Å². The normalized spacial score (nSPS) is 16.6. The molecule has 1 saturated heterocycles. The van der Waals surface area contributed by atoms with Gasteiger partial charge < -0.3 is 9.84 Å². The Bertz CT molecular complexity index is 932. The Kier molecular flexibility index (Phi) is 7.42. The lowest BCUT2D eigenvalue weighted by atomic mass is 10.2. The number of nitrogens with zero attached hydrogens (tertiary/aromatic N) is 2. The first-order chi connectivity index (χ1) is 13.8. The van der Waals surface area contributed by atoms with Crippen molar-refractivity contribution in [3.63, 3.8) is 0 Å². The zero-order valence-electron chi connectivity index (χ0n) is 16.1. The molecule has 29 heavy (non-hydrogen) atoms. The molecule has 0 bridgehead atoms. The number of aliphatic hydroxyl groups is 1. The first-order valence-corrected chi connectivity index (χ1v) is 11.5. The Labute approximate surface area is 181 Å². The van der Waals surface area contributed by atoms with Crippen LogP contribution in [0.15, 0.2) is 47.4 Å². The van der Waals surface area contributed by atoms with Gasteiger partial charge in [-0.1, -0.05) is 40.9 Å². The Balaban J connectivity index is 1.93. The molecule has 0 radical (unpaired) electrons. The fourth-order valence-corrected chi connectivity index (χ4v) is 5.12. The molecule has 3 rings (SSSR count). The number of morpholine rings is 1. The van der Waals surface area contributed by atoms with Crippen molar-refractivity contribution >= 4 is 38.9 Å². The highest BCUT2D eigenvalue weighted by Crippen LogP contribution is 2.33. The molecular weight excluding hydrogens is 435 g/mol. The summed E-state index contributed by atoms with van der Waals surface area (Å²) in [6.45, 7) is 4.65. The van der Waals surface area contributed by atoms with Crippen LogP contribution >= 0.6 is 23.2 Å². The van der Waals surface area contributed by atoms with Crippen LogP contribution < -0.4 is 4.31 Å². The van der Waals surface area contributed by atoms with Crippen molar-refractivity contribution in [1.29, 1.82) is 0 Å². The fourth-order valence-electron chi connectivity index (χ4n) is 3.17. The molecular formula is C20H24Cl2N2O4S. The SMILES string of the molecule is Cc1ccc(S(=O)(=O)N(C[C@H](O)CN2CCOCC2)c2cc(Cl)ccc2Cl)cc1. The molecule has 9 heteroatoms. The van der Waals surface area contributed by atoms with Gasteiger partial charge in [-0.2, -0.15) is 0 Å². The Morgan fingerprint density at radius 2 is 1.79 bits per heavy atom. The molecule has 1 fully saturated rings. The number of β-amino-alcohol motifs (C(OH)–C–C–N with tert-alkyl or cyclic N) is 1. The summed E-state index contributed by atoms with van der Waals surface area (Å²) < 4.78 is 33.3. The number of sulfonamides is 1. The molecule has 0 unspecified atom stereocenters. The molecule has 158 valence electrons. The predicted octanol–water partition coefficient (Wildman–Crippen LogP) is 3.19. The number of ether oxygens (including phenoxy) is 1. The topological polar surface area (TPSA) is 70.1 Å². The van der Waals surface area contributed by atoms with Gasteiger partial charge in [0, 0.05) is 24.7 Å². The van der Waals surface area contributed by atoms with E-state index in [-0.39, 0.29) is 22.2 Å². The molecule has 0 spiro atoms. The molecule has 1 N–H and O–H groups in total. The molecule has 1 aliphatic heterocycles. The maximum Gasteiger partial charge on any atom is 0.264 e. The first kappa shape index (κ1) is 22.3.